The summed E-state index contributed by atoms with van der Waals surface area (Å²) in [4.78, 5) is 4.28. The smallest absolute Gasteiger partial charge is 0.195 e. The van der Waals surface area contributed by atoms with Crippen molar-refractivity contribution in [2.75, 3.05) is 11.1 Å². The summed E-state index contributed by atoms with van der Waals surface area (Å²) in [6, 6.07) is 5.68. The lowest BCUT2D eigenvalue weighted by Gasteiger charge is -2.20. The second kappa shape index (κ2) is 3.73. The number of halogens is 1. The maximum absolute atomic E-state index is 12.9. The molecule has 0 spiro atoms. The van der Waals surface area contributed by atoms with E-state index in [-0.39, 0.29) is 17.8 Å². The van der Waals surface area contributed by atoms with E-state index in [1.807, 2.05) is 0 Å². The van der Waals surface area contributed by atoms with Gasteiger partial charge in [-0.2, -0.15) is 5.10 Å². The highest BCUT2D eigenvalue weighted by Gasteiger charge is 2.27. The van der Waals surface area contributed by atoms with Gasteiger partial charge < -0.3 is 16.8 Å². The van der Waals surface area contributed by atoms with Gasteiger partial charge in [-0.1, -0.05) is 12.1 Å². The Bertz CT molecular complexity index is 615. The summed E-state index contributed by atoms with van der Waals surface area (Å²) in [5.41, 5.74) is 13.0. The molecule has 1 aromatic carbocycles. The van der Waals surface area contributed by atoms with Crippen LogP contribution >= 0.6 is 0 Å². The molecule has 2 heterocycles. The van der Waals surface area contributed by atoms with Gasteiger partial charge in [0, 0.05) is 0 Å². The molecule has 1 atom stereocenters. The number of aromatic nitrogens is 2. The number of fused-ring (bicyclic) bond motifs is 1. The molecule has 0 saturated carbocycles. The van der Waals surface area contributed by atoms with E-state index < -0.39 is 0 Å². The zero-order chi connectivity index (χ0) is 12.7. The van der Waals surface area contributed by atoms with Crippen LogP contribution in [0.2, 0.25) is 0 Å². The second-order valence-corrected chi connectivity index (χ2v) is 3.99. The average molecular weight is 246 g/mol. The molecule has 1 aliphatic rings. The topological polar surface area (TPSA) is 105 Å². The number of nitrogens with one attached hydrogen (secondary N) is 2. The fourth-order valence-corrected chi connectivity index (χ4v) is 1.98. The normalized spacial score (nSPS) is 17.8. The van der Waals surface area contributed by atoms with E-state index in [0.29, 0.717) is 11.6 Å². The van der Waals surface area contributed by atoms with Gasteiger partial charge in [-0.25, -0.2) is 9.38 Å². The fourth-order valence-electron chi connectivity index (χ4n) is 1.98. The minimum absolute atomic E-state index is 0.253. The highest BCUT2D eigenvalue weighted by Crippen LogP contribution is 2.36. The molecule has 7 heteroatoms. The molecule has 1 aliphatic heterocycles. The van der Waals surface area contributed by atoms with E-state index in [4.69, 9.17) is 11.5 Å². The highest BCUT2D eigenvalue weighted by molar-refractivity contribution is 5.95. The first-order valence-electron chi connectivity index (χ1n) is 5.34. The second-order valence-electron chi connectivity index (χ2n) is 3.99. The molecule has 0 saturated heterocycles. The Morgan fingerprint density at radius 3 is 2.61 bits per heavy atom. The number of H-pyrrole nitrogens is 1. The lowest BCUT2D eigenvalue weighted by Crippen LogP contribution is -2.28. The third kappa shape index (κ3) is 1.56. The minimum Gasteiger partial charge on any atom is -0.384 e. The Balaban J connectivity index is 2.12. The largest absolute Gasteiger partial charge is 0.384 e. The molecular weight excluding hydrogens is 235 g/mol. The van der Waals surface area contributed by atoms with Crippen LogP contribution in [0.3, 0.4) is 0 Å². The van der Waals surface area contributed by atoms with Crippen LogP contribution in [-0.4, -0.2) is 16.2 Å². The van der Waals surface area contributed by atoms with Crippen molar-refractivity contribution in [3.63, 3.8) is 0 Å². The molecule has 0 fully saturated rings. The van der Waals surface area contributed by atoms with E-state index in [1.165, 1.54) is 12.1 Å². The molecule has 92 valence electrons. The van der Waals surface area contributed by atoms with E-state index in [0.717, 1.165) is 11.1 Å². The van der Waals surface area contributed by atoms with E-state index in [9.17, 15) is 4.39 Å². The Kier molecular flexibility index (Phi) is 2.19. The van der Waals surface area contributed by atoms with Crippen molar-refractivity contribution in [2.45, 2.75) is 6.04 Å². The number of nitrogens with zero attached hydrogens (tertiary/aromatic N) is 2. The predicted octanol–water partition coefficient (Wildman–Crippen LogP) is 0.961. The van der Waals surface area contributed by atoms with E-state index in [2.05, 4.69) is 20.5 Å². The molecule has 6 N–H and O–H groups in total. The number of hydrogen-bond acceptors (Lipinski definition) is 5. The number of hydrogen-bond donors (Lipinski definition) is 4. The quantitative estimate of drug-likeness (QED) is 0.601. The van der Waals surface area contributed by atoms with Crippen LogP contribution in [0.25, 0.3) is 0 Å². The van der Waals surface area contributed by atoms with Gasteiger partial charge in [0.15, 0.2) is 11.8 Å². The number of benzene rings is 1. The molecule has 0 radical (unpaired) electrons. The van der Waals surface area contributed by atoms with Crippen molar-refractivity contribution in [1.82, 2.24) is 10.2 Å². The van der Waals surface area contributed by atoms with Gasteiger partial charge in [-0.05, 0) is 17.7 Å². The fraction of sp³-hybridized carbons (Fsp3) is 0.0909. The Hall–Kier alpha value is -2.57. The Labute approximate surface area is 102 Å². The number of rotatable bonds is 1. The van der Waals surface area contributed by atoms with E-state index in [1.54, 1.807) is 12.1 Å². The van der Waals surface area contributed by atoms with Crippen LogP contribution in [-0.2, 0) is 0 Å². The summed E-state index contributed by atoms with van der Waals surface area (Å²) >= 11 is 0. The number of guanidine groups is 1. The maximum atomic E-state index is 12.9. The third-order valence-electron chi connectivity index (χ3n) is 2.81. The number of anilines is 2. The van der Waals surface area contributed by atoms with Crippen LogP contribution in [0.5, 0.6) is 0 Å². The molecule has 0 amide bonds. The summed E-state index contributed by atoms with van der Waals surface area (Å²) in [6.45, 7) is 0. The van der Waals surface area contributed by atoms with Crippen LogP contribution < -0.4 is 16.8 Å². The number of nitrogens with two attached hydrogens (primary N) is 2. The molecule has 0 aliphatic carbocycles. The lowest BCUT2D eigenvalue weighted by molar-refractivity contribution is 0.626. The van der Waals surface area contributed by atoms with Crippen molar-refractivity contribution in [1.29, 1.82) is 0 Å². The molecule has 1 unspecified atom stereocenters. The number of nitrogen functional groups attached to an aromatic ring is 1. The first-order valence-corrected chi connectivity index (χ1v) is 5.34. The lowest BCUT2D eigenvalue weighted by atomic mass is 9.99. The van der Waals surface area contributed by atoms with Gasteiger partial charge in [-0.15, -0.1) is 0 Å². The third-order valence-corrected chi connectivity index (χ3v) is 2.81. The average Bonchev–Trinajstić information content (AvgIpc) is 2.71. The van der Waals surface area contributed by atoms with Crippen molar-refractivity contribution < 1.29 is 4.39 Å². The summed E-state index contributed by atoms with van der Waals surface area (Å²) in [5, 5.41) is 9.50. The van der Waals surface area contributed by atoms with Crippen LogP contribution in [0.4, 0.5) is 16.0 Å². The van der Waals surface area contributed by atoms with Gasteiger partial charge in [0.2, 0.25) is 0 Å². The molecule has 0 bridgehead atoms. The summed E-state index contributed by atoms with van der Waals surface area (Å²) in [6.07, 6.45) is 0. The minimum atomic E-state index is -0.374. The zero-order valence-electron chi connectivity index (χ0n) is 9.31. The molecule has 3 rings (SSSR count). The van der Waals surface area contributed by atoms with Crippen molar-refractivity contribution >= 4 is 17.6 Å². The van der Waals surface area contributed by atoms with Crippen LogP contribution in [0, 0.1) is 5.82 Å². The van der Waals surface area contributed by atoms with Crippen molar-refractivity contribution in [3.05, 3.63) is 41.2 Å². The number of aromatic amines is 1. The van der Waals surface area contributed by atoms with Crippen LogP contribution in [0.15, 0.2) is 29.3 Å². The molecule has 6 nitrogen and oxygen atoms in total. The van der Waals surface area contributed by atoms with E-state index >= 15 is 0 Å². The molecule has 2 aromatic rings. The Morgan fingerprint density at radius 1 is 1.17 bits per heavy atom. The van der Waals surface area contributed by atoms with Crippen molar-refractivity contribution in [2.24, 2.45) is 10.7 Å². The Morgan fingerprint density at radius 2 is 1.89 bits per heavy atom. The molecule has 1 aromatic heterocycles. The monoisotopic (exact) mass is 246 g/mol. The van der Waals surface area contributed by atoms with Gasteiger partial charge in [0.25, 0.3) is 0 Å². The van der Waals surface area contributed by atoms with Gasteiger partial charge in [-0.3, -0.25) is 5.10 Å². The van der Waals surface area contributed by atoms with Gasteiger partial charge in [0.05, 0.1) is 5.56 Å². The first kappa shape index (κ1) is 10.6. The summed E-state index contributed by atoms with van der Waals surface area (Å²) in [7, 11) is 0. The SMILES string of the molecule is NC1=NC(c2ccc(F)cc2)c2c(n[nH]c2N)N1. The summed E-state index contributed by atoms with van der Waals surface area (Å²) < 4.78 is 12.9. The number of aliphatic imine (C=N–C) groups is 1. The maximum Gasteiger partial charge on any atom is 0.195 e. The standard InChI is InChI=1S/C11H11FN6/c12-6-3-1-5(2-4-6)8-7-9(13)17-18-10(7)16-11(14)15-8/h1-4,8H,(H6,13,14,15,16,17,18). The first-order chi connectivity index (χ1) is 8.65. The predicted molar refractivity (Wildman–Crippen MR) is 66.5 cm³/mol. The van der Waals surface area contributed by atoms with Crippen LogP contribution in [0.1, 0.15) is 17.2 Å². The highest BCUT2D eigenvalue weighted by atomic mass is 19.1. The van der Waals surface area contributed by atoms with Crippen molar-refractivity contribution in [3.8, 4) is 0 Å². The zero-order valence-corrected chi connectivity index (χ0v) is 9.31. The van der Waals surface area contributed by atoms with Gasteiger partial charge >= 0.3 is 0 Å². The summed E-state index contributed by atoms with van der Waals surface area (Å²) in [5.74, 6) is 0.922. The van der Waals surface area contributed by atoms with Gasteiger partial charge in [0.1, 0.15) is 17.7 Å². The molecular formula is C11H11FN6. The molecule has 18 heavy (non-hydrogen) atoms.